The Kier molecular flexibility index (Phi) is 7.08. The van der Waals surface area contributed by atoms with Crippen molar-refractivity contribution in [3.8, 4) is 12.3 Å². The summed E-state index contributed by atoms with van der Waals surface area (Å²) in [7, 11) is 0. The first kappa shape index (κ1) is 22.3. The van der Waals surface area contributed by atoms with Gasteiger partial charge in [0.1, 0.15) is 6.04 Å². The lowest BCUT2D eigenvalue weighted by atomic mass is 10.0. The molecule has 0 radical (unpaired) electrons. The van der Waals surface area contributed by atoms with Gasteiger partial charge in [-0.05, 0) is 30.4 Å². The van der Waals surface area contributed by atoms with Gasteiger partial charge in [-0.25, -0.2) is 0 Å². The Bertz CT molecular complexity index is 906. The SMILES string of the molecule is C#CC[C@H]1NC(=O)[C@@H]2C[C@H](CN2C2CCOCC2)NC(=O)Cc2ccccc2CNC1=O. The second-order valence-corrected chi connectivity index (χ2v) is 8.69. The molecule has 8 heteroatoms. The number of terminal acetylenes is 1. The van der Waals surface area contributed by atoms with Gasteiger partial charge in [-0.15, -0.1) is 12.3 Å². The maximum absolute atomic E-state index is 13.3. The lowest BCUT2D eigenvalue weighted by molar-refractivity contribution is -0.132. The Hall–Kier alpha value is -2.89. The van der Waals surface area contributed by atoms with Gasteiger partial charge in [0.25, 0.3) is 0 Å². The van der Waals surface area contributed by atoms with Crippen LogP contribution >= 0.6 is 0 Å². The van der Waals surface area contributed by atoms with E-state index in [1.54, 1.807) is 0 Å². The lowest BCUT2D eigenvalue weighted by Gasteiger charge is -2.35. The predicted octanol–water partition coefficient (Wildman–Crippen LogP) is 0.105. The fourth-order valence-electron chi connectivity index (χ4n) is 4.90. The van der Waals surface area contributed by atoms with E-state index in [1.807, 2.05) is 24.3 Å². The molecule has 0 unspecified atom stereocenters. The number of fused-ring (bicyclic) bond motifs is 3. The van der Waals surface area contributed by atoms with Crippen LogP contribution in [0.25, 0.3) is 0 Å². The van der Waals surface area contributed by atoms with Crippen molar-refractivity contribution < 1.29 is 19.1 Å². The zero-order valence-electron chi connectivity index (χ0n) is 18.1. The number of ether oxygens (including phenoxy) is 1. The maximum Gasteiger partial charge on any atom is 0.243 e. The van der Waals surface area contributed by atoms with Gasteiger partial charge >= 0.3 is 0 Å². The zero-order chi connectivity index (χ0) is 22.5. The molecule has 2 bridgehead atoms. The topological polar surface area (TPSA) is 99.8 Å². The summed E-state index contributed by atoms with van der Waals surface area (Å²) in [4.78, 5) is 41.1. The third-order valence-corrected chi connectivity index (χ3v) is 6.54. The first-order valence-corrected chi connectivity index (χ1v) is 11.3. The maximum atomic E-state index is 13.3. The smallest absolute Gasteiger partial charge is 0.243 e. The number of nitrogens with zero attached hydrogens (tertiary/aromatic N) is 1. The third-order valence-electron chi connectivity index (χ3n) is 6.54. The molecule has 8 nitrogen and oxygen atoms in total. The van der Waals surface area contributed by atoms with Gasteiger partial charge in [-0.2, -0.15) is 0 Å². The summed E-state index contributed by atoms with van der Waals surface area (Å²) in [5.41, 5.74) is 1.74. The molecule has 1 aromatic carbocycles. The van der Waals surface area contributed by atoms with E-state index in [2.05, 4.69) is 26.8 Å². The molecular weight excluding hydrogens is 408 g/mol. The molecule has 2 fully saturated rings. The van der Waals surface area contributed by atoms with E-state index in [0.29, 0.717) is 26.2 Å². The quantitative estimate of drug-likeness (QED) is 0.569. The Labute approximate surface area is 188 Å². The molecule has 3 heterocycles. The van der Waals surface area contributed by atoms with E-state index in [0.717, 1.165) is 24.0 Å². The Morgan fingerprint density at radius 3 is 2.56 bits per heavy atom. The van der Waals surface area contributed by atoms with Crippen LogP contribution < -0.4 is 16.0 Å². The number of hydrogen-bond acceptors (Lipinski definition) is 5. The van der Waals surface area contributed by atoms with E-state index in [-0.39, 0.29) is 49.2 Å². The van der Waals surface area contributed by atoms with Crippen molar-refractivity contribution in [3.63, 3.8) is 0 Å². The van der Waals surface area contributed by atoms with Crippen LogP contribution in [0.2, 0.25) is 0 Å². The van der Waals surface area contributed by atoms with E-state index < -0.39 is 12.1 Å². The van der Waals surface area contributed by atoms with Gasteiger partial charge in [0.05, 0.1) is 12.5 Å². The largest absolute Gasteiger partial charge is 0.381 e. The standard InChI is InChI=1S/C24H30N4O4/c1-2-5-20-23(30)25-14-17-7-4-3-6-16(17)12-22(29)26-18-13-21(24(31)27-20)28(15-18)19-8-10-32-11-9-19/h1,3-4,6-7,18-21H,5,8-15H2,(H,25,30)(H,26,29)(H,27,31)/t18-,20-,21+/m1/s1. The monoisotopic (exact) mass is 438 g/mol. The van der Waals surface area contributed by atoms with Crippen LogP contribution in [0.5, 0.6) is 0 Å². The van der Waals surface area contributed by atoms with Crippen molar-refractivity contribution in [2.24, 2.45) is 0 Å². The van der Waals surface area contributed by atoms with Gasteiger partial charge in [-0.1, -0.05) is 24.3 Å². The Balaban J connectivity index is 1.61. The zero-order valence-corrected chi connectivity index (χ0v) is 18.1. The van der Waals surface area contributed by atoms with Crippen molar-refractivity contribution in [2.45, 2.75) is 62.8 Å². The molecule has 3 atom stereocenters. The van der Waals surface area contributed by atoms with Crippen molar-refractivity contribution >= 4 is 17.7 Å². The molecule has 3 amide bonds. The number of nitrogens with one attached hydrogen (secondary N) is 3. The molecule has 0 saturated carbocycles. The number of benzene rings is 1. The summed E-state index contributed by atoms with van der Waals surface area (Å²) >= 11 is 0. The summed E-state index contributed by atoms with van der Waals surface area (Å²) in [5, 5.41) is 8.87. The van der Waals surface area contributed by atoms with Crippen molar-refractivity contribution in [1.29, 1.82) is 0 Å². The Morgan fingerprint density at radius 2 is 1.81 bits per heavy atom. The third kappa shape index (κ3) is 5.12. The van der Waals surface area contributed by atoms with E-state index >= 15 is 0 Å². The average Bonchev–Trinajstić information content (AvgIpc) is 3.21. The van der Waals surface area contributed by atoms with Crippen LogP contribution in [-0.2, 0) is 32.1 Å². The van der Waals surface area contributed by atoms with Crippen LogP contribution in [0.3, 0.4) is 0 Å². The van der Waals surface area contributed by atoms with Gasteiger partial charge in [0.15, 0.2) is 0 Å². The van der Waals surface area contributed by atoms with Gasteiger partial charge < -0.3 is 20.7 Å². The minimum Gasteiger partial charge on any atom is -0.381 e. The average molecular weight is 439 g/mol. The normalized spacial score (nSPS) is 28.0. The molecule has 4 rings (SSSR count). The fraction of sp³-hybridized carbons (Fsp3) is 0.542. The van der Waals surface area contributed by atoms with E-state index in [9.17, 15) is 14.4 Å². The van der Waals surface area contributed by atoms with Crippen molar-refractivity contribution in [3.05, 3.63) is 35.4 Å². The highest BCUT2D eigenvalue weighted by atomic mass is 16.5. The number of likely N-dealkylation sites (tertiary alicyclic amines) is 1. The van der Waals surface area contributed by atoms with Crippen LogP contribution in [-0.4, -0.2) is 66.5 Å². The Morgan fingerprint density at radius 1 is 1.06 bits per heavy atom. The van der Waals surface area contributed by atoms with Crippen molar-refractivity contribution in [2.75, 3.05) is 19.8 Å². The highest BCUT2D eigenvalue weighted by Gasteiger charge is 2.42. The van der Waals surface area contributed by atoms with Gasteiger partial charge in [0.2, 0.25) is 17.7 Å². The summed E-state index contributed by atoms with van der Waals surface area (Å²) < 4.78 is 5.49. The van der Waals surface area contributed by atoms with Crippen LogP contribution in [0.4, 0.5) is 0 Å². The van der Waals surface area contributed by atoms with Gasteiger partial charge in [0, 0.05) is 44.8 Å². The predicted molar refractivity (Wildman–Crippen MR) is 118 cm³/mol. The molecule has 32 heavy (non-hydrogen) atoms. The fourth-order valence-corrected chi connectivity index (χ4v) is 4.90. The number of carbonyl (C=O) groups excluding carboxylic acids is 3. The van der Waals surface area contributed by atoms with Crippen LogP contribution in [0.15, 0.2) is 24.3 Å². The summed E-state index contributed by atoms with van der Waals surface area (Å²) in [6.45, 7) is 2.18. The number of rotatable bonds is 2. The molecule has 0 spiro atoms. The first-order valence-electron chi connectivity index (χ1n) is 11.3. The number of carbonyl (C=O) groups is 3. The molecule has 3 N–H and O–H groups in total. The molecule has 1 aromatic rings. The van der Waals surface area contributed by atoms with Crippen LogP contribution in [0, 0.1) is 12.3 Å². The minimum atomic E-state index is -0.798. The van der Waals surface area contributed by atoms with Crippen LogP contribution in [0.1, 0.15) is 36.8 Å². The molecule has 2 saturated heterocycles. The lowest BCUT2D eigenvalue weighted by Crippen LogP contribution is -2.54. The molecule has 3 aliphatic heterocycles. The number of amides is 3. The molecule has 3 aliphatic rings. The summed E-state index contributed by atoms with van der Waals surface area (Å²) in [6, 6.07) is 6.41. The highest BCUT2D eigenvalue weighted by molar-refractivity contribution is 5.90. The van der Waals surface area contributed by atoms with Gasteiger partial charge in [-0.3, -0.25) is 19.3 Å². The minimum absolute atomic E-state index is 0.0796. The summed E-state index contributed by atoms with van der Waals surface area (Å²) in [6.07, 6.45) is 8.01. The van der Waals surface area contributed by atoms with E-state index in [1.165, 1.54) is 0 Å². The second kappa shape index (κ2) is 10.2. The summed E-state index contributed by atoms with van der Waals surface area (Å²) in [5.74, 6) is 1.88. The molecule has 0 aromatic heterocycles. The van der Waals surface area contributed by atoms with E-state index in [4.69, 9.17) is 11.2 Å². The molecule has 170 valence electrons. The van der Waals surface area contributed by atoms with Crippen molar-refractivity contribution in [1.82, 2.24) is 20.9 Å². The first-order chi connectivity index (χ1) is 15.5. The molecular formula is C24H30N4O4. The highest BCUT2D eigenvalue weighted by Crippen LogP contribution is 2.26. The number of hydrogen-bond donors (Lipinski definition) is 3. The second-order valence-electron chi connectivity index (χ2n) is 8.69. The molecule has 0 aliphatic carbocycles.